The largest absolute Gasteiger partial charge is 0.425 e. The molecule has 3 rings (SSSR count). The molecule has 0 radical (unpaired) electrons. The molecule has 120 valence electrons. The van der Waals surface area contributed by atoms with E-state index in [1.807, 2.05) is 6.07 Å². The van der Waals surface area contributed by atoms with Crippen molar-refractivity contribution in [2.24, 2.45) is 7.05 Å². The third kappa shape index (κ3) is 2.72. The Morgan fingerprint density at radius 3 is 2.74 bits per heavy atom. The lowest BCUT2D eigenvalue weighted by Gasteiger charge is -2.13. The third-order valence-electron chi connectivity index (χ3n) is 3.99. The summed E-state index contributed by atoms with van der Waals surface area (Å²) < 4.78 is 7.72. The van der Waals surface area contributed by atoms with Crippen molar-refractivity contribution in [1.82, 2.24) is 4.57 Å². The fourth-order valence-electron chi connectivity index (χ4n) is 3.08. The van der Waals surface area contributed by atoms with E-state index in [-0.39, 0.29) is 5.97 Å². The molecule has 0 fully saturated rings. The van der Waals surface area contributed by atoms with Gasteiger partial charge in [-0.3, -0.25) is 4.79 Å². The highest BCUT2D eigenvalue weighted by molar-refractivity contribution is 7.99. The first-order valence-corrected chi connectivity index (χ1v) is 8.85. The van der Waals surface area contributed by atoms with Gasteiger partial charge in [0.2, 0.25) is 0 Å². The maximum atomic E-state index is 11.5. The lowest BCUT2D eigenvalue weighted by Crippen LogP contribution is -2.04. The van der Waals surface area contributed by atoms with Gasteiger partial charge in [0.05, 0.1) is 10.4 Å². The minimum absolute atomic E-state index is 0.277. The second-order valence-electron chi connectivity index (χ2n) is 5.76. The van der Waals surface area contributed by atoms with E-state index < -0.39 is 0 Å². The number of fused-ring (bicyclic) bond motifs is 3. The number of carbonyl (C=O) groups excluding carboxylic acids is 1. The van der Waals surface area contributed by atoms with Gasteiger partial charge >= 0.3 is 5.97 Å². The number of thioether (sulfide) groups is 1. The number of esters is 1. The van der Waals surface area contributed by atoms with Crippen LogP contribution in [0.2, 0.25) is 0 Å². The Kier molecular flexibility index (Phi) is 4.35. The SMILES string of the molecule is CCCSc1c(OC(C)=O)cc(C)c2c3ccccc3n(C)c12. The zero-order valence-corrected chi connectivity index (χ0v) is 14.8. The molecular weight excluding hydrogens is 306 g/mol. The summed E-state index contributed by atoms with van der Waals surface area (Å²) in [6.07, 6.45) is 1.07. The van der Waals surface area contributed by atoms with Crippen LogP contribution in [-0.2, 0) is 11.8 Å². The van der Waals surface area contributed by atoms with E-state index in [0.29, 0.717) is 5.75 Å². The molecule has 0 saturated carbocycles. The zero-order valence-electron chi connectivity index (χ0n) is 14.0. The van der Waals surface area contributed by atoms with Gasteiger partial charge in [-0.05, 0) is 36.8 Å². The fraction of sp³-hybridized carbons (Fsp3) is 0.316. The van der Waals surface area contributed by atoms with Gasteiger partial charge in [-0.2, -0.15) is 0 Å². The standard InChI is InChI=1S/C19H21NO2S/c1-5-10-23-19-16(22-13(3)21)11-12(2)17-14-8-6-7-9-15(14)20(4)18(17)19/h6-9,11H,5,10H2,1-4H3. The summed E-state index contributed by atoms with van der Waals surface area (Å²) in [5.74, 6) is 1.39. The summed E-state index contributed by atoms with van der Waals surface area (Å²) in [5, 5.41) is 2.49. The van der Waals surface area contributed by atoms with Crippen LogP contribution in [0.3, 0.4) is 0 Å². The maximum Gasteiger partial charge on any atom is 0.308 e. The first-order valence-electron chi connectivity index (χ1n) is 7.86. The van der Waals surface area contributed by atoms with Gasteiger partial charge in [0.25, 0.3) is 0 Å². The van der Waals surface area contributed by atoms with E-state index in [1.165, 1.54) is 23.2 Å². The Balaban J connectivity index is 2.40. The molecule has 0 aliphatic heterocycles. The average Bonchev–Trinajstić information content (AvgIpc) is 2.81. The first-order chi connectivity index (χ1) is 11.0. The van der Waals surface area contributed by atoms with Crippen LogP contribution >= 0.6 is 11.8 Å². The highest BCUT2D eigenvalue weighted by Crippen LogP contribution is 2.42. The van der Waals surface area contributed by atoms with Crippen LogP contribution in [0.4, 0.5) is 0 Å². The summed E-state index contributed by atoms with van der Waals surface area (Å²) in [6.45, 7) is 5.69. The van der Waals surface area contributed by atoms with Crippen LogP contribution in [0.5, 0.6) is 5.75 Å². The van der Waals surface area contributed by atoms with Gasteiger partial charge in [0, 0.05) is 30.3 Å². The second kappa shape index (κ2) is 6.28. The van der Waals surface area contributed by atoms with Crippen LogP contribution in [0.15, 0.2) is 35.2 Å². The molecule has 0 amide bonds. The molecule has 1 heterocycles. The number of ether oxygens (including phenoxy) is 1. The zero-order chi connectivity index (χ0) is 16.6. The lowest BCUT2D eigenvalue weighted by molar-refractivity contribution is -0.132. The van der Waals surface area contributed by atoms with Crippen molar-refractivity contribution < 1.29 is 9.53 Å². The molecule has 23 heavy (non-hydrogen) atoms. The molecule has 0 bridgehead atoms. The minimum Gasteiger partial charge on any atom is -0.425 e. The molecule has 0 spiro atoms. The summed E-state index contributed by atoms with van der Waals surface area (Å²) in [4.78, 5) is 12.6. The topological polar surface area (TPSA) is 31.2 Å². The summed E-state index contributed by atoms with van der Waals surface area (Å²) in [6, 6.07) is 10.4. The second-order valence-corrected chi connectivity index (χ2v) is 6.87. The average molecular weight is 327 g/mol. The van der Waals surface area contributed by atoms with E-state index in [1.54, 1.807) is 11.8 Å². The van der Waals surface area contributed by atoms with Gasteiger partial charge in [0.1, 0.15) is 5.75 Å². The van der Waals surface area contributed by atoms with Crippen LogP contribution in [0.25, 0.3) is 21.8 Å². The van der Waals surface area contributed by atoms with E-state index in [2.05, 4.69) is 49.7 Å². The molecule has 3 aromatic rings. The summed E-state index contributed by atoms with van der Waals surface area (Å²) in [5.41, 5.74) is 3.48. The van der Waals surface area contributed by atoms with Crippen molar-refractivity contribution in [3.8, 4) is 5.75 Å². The van der Waals surface area contributed by atoms with Crippen LogP contribution in [-0.4, -0.2) is 16.3 Å². The number of nitrogens with zero attached hydrogens (tertiary/aromatic N) is 1. The Morgan fingerprint density at radius 1 is 1.30 bits per heavy atom. The molecule has 2 aromatic carbocycles. The van der Waals surface area contributed by atoms with Gasteiger partial charge in [0.15, 0.2) is 0 Å². The Morgan fingerprint density at radius 2 is 2.04 bits per heavy atom. The van der Waals surface area contributed by atoms with Crippen LogP contribution in [0, 0.1) is 6.92 Å². The van der Waals surface area contributed by atoms with E-state index >= 15 is 0 Å². The third-order valence-corrected chi connectivity index (χ3v) is 5.29. The number of para-hydroxylation sites is 1. The Bertz CT molecular complexity index is 895. The number of benzene rings is 2. The van der Waals surface area contributed by atoms with Crippen molar-refractivity contribution in [3.63, 3.8) is 0 Å². The monoisotopic (exact) mass is 327 g/mol. The number of hydrogen-bond donors (Lipinski definition) is 0. The van der Waals surface area contributed by atoms with Crippen molar-refractivity contribution in [2.45, 2.75) is 32.1 Å². The van der Waals surface area contributed by atoms with E-state index in [9.17, 15) is 4.79 Å². The van der Waals surface area contributed by atoms with Crippen LogP contribution < -0.4 is 4.74 Å². The molecule has 0 aliphatic rings. The number of aryl methyl sites for hydroxylation is 2. The van der Waals surface area contributed by atoms with E-state index in [0.717, 1.165) is 28.1 Å². The smallest absolute Gasteiger partial charge is 0.308 e. The maximum absolute atomic E-state index is 11.5. The molecule has 4 heteroatoms. The Hall–Kier alpha value is -1.94. The number of rotatable bonds is 4. The van der Waals surface area contributed by atoms with E-state index in [4.69, 9.17) is 4.74 Å². The molecule has 3 nitrogen and oxygen atoms in total. The predicted octanol–water partition coefficient (Wildman–Crippen LogP) is 5.07. The van der Waals surface area contributed by atoms with Crippen molar-refractivity contribution >= 4 is 39.5 Å². The van der Waals surface area contributed by atoms with Gasteiger partial charge < -0.3 is 9.30 Å². The molecule has 0 saturated heterocycles. The first kappa shape index (κ1) is 15.9. The molecular formula is C19H21NO2S. The predicted molar refractivity (Wildman–Crippen MR) is 97.5 cm³/mol. The van der Waals surface area contributed by atoms with Crippen molar-refractivity contribution in [1.29, 1.82) is 0 Å². The van der Waals surface area contributed by atoms with Crippen LogP contribution in [0.1, 0.15) is 25.8 Å². The molecule has 0 unspecified atom stereocenters. The highest BCUT2D eigenvalue weighted by Gasteiger charge is 2.19. The van der Waals surface area contributed by atoms with Crippen molar-refractivity contribution in [2.75, 3.05) is 5.75 Å². The number of hydrogen-bond acceptors (Lipinski definition) is 3. The number of aromatic nitrogens is 1. The fourth-order valence-corrected chi connectivity index (χ4v) is 4.11. The lowest BCUT2D eigenvalue weighted by atomic mass is 10.1. The Labute approximate surface area is 140 Å². The molecule has 1 aromatic heterocycles. The highest BCUT2D eigenvalue weighted by atomic mass is 32.2. The normalized spacial score (nSPS) is 11.3. The minimum atomic E-state index is -0.277. The number of carbonyl (C=O) groups is 1. The molecule has 0 aliphatic carbocycles. The van der Waals surface area contributed by atoms with Gasteiger partial charge in [-0.1, -0.05) is 25.1 Å². The van der Waals surface area contributed by atoms with Gasteiger partial charge in [-0.25, -0.2) is 0 Å². The summed E-state index contributed by atoms with van der Waals surface area (Å²) in [7, 11) is 2.08. The quantitative estimate of drug-likeness (QED) is 0.381. The molecule has 0 N–H and O–H groups in total. The molecule has 0 atom stereocenters. The van der Waals surface area contributed by atoms with Gasteiger partial charge in [-0.15, -0.1) is 11.8 Å². The summed E-state index contributed by atoms with van der Waals surface area (Å²) >= 11 is 1.76. The van der Waals surface area contributed by atoms with Crippen molar-refractivity contribution in [3.05, 3.63) is 35.9 Å².